The van der Waals surface area contributed by atoms with Gasteiger partial charge in [-0.3, -0.25) is 4.90 Å². The molecule has 13 heavy (non-hydrogen) atoms. The van der Waals surface area contributed by atoms with Gasteiger partial charge in [0.1, 0.15) is 0 Å². The van der Waals surface area contributed by atoms with E-state index in [4.69, 9.17) is 4.74 Å². The quantitative estimate of drug-likeness (QED) is 0.632. The van der Waals surface area contributed by atoms with E-state index in [0.29, 0.717) is 0 Å². The molecule has 0 amide bonds. The van der Waals surface area contributed by atoms with E-state index in [1.54, 1.807) is 7.11 Å². The second kappa shape index (κ2) is 3.95. The zero-order valence-corrected chi connectivity index (χ0v) is 8.70. The van der Waals surface area contributed by atoms with E-state index in [2.05, 4.69) is 16.8 Å². The number of likely N-dealkylation sites (N-methyl/N-ethyl adjacent to an activating group) is 1. The predicted molar refractivity (Wildman–Crippen MR) is 52.9 cm³/mol. The highest BCUT2D eigenvalue weighted by Gasteiger charge is 2.36. The van der Waals surface area contributed by atoms with E-state index in [-0.39, 0.29) is 0 Å². The summed E-state index contributed by atoms with van der Waals surface area (Å²) in [6, 6.07) is 1.60. The molecule has 3 heteroatoms. The smallest absolute Gasteiger partial charge is 0.0589 e. The topological polar surface area (TPSA) is 15.7 Å². The van der Waals surface area contributed by atoms with Crippen LogP contribution in [0.4, 0.5) is 0 Å². The molecule has 2 bridgehead atoms. The molecule has 0 radical (unpaired) electrons. The van der Waals surface area contributed by atoms with E-state index >= 15 is 0 Å². The molecular formula is C10H20N2O. The Kier molecular flexibility index (Phi) is 2.86. The molecule has 2 atom stereocenters. The first-order valence-corrected chi connectivity index (χ1v) is 5.24. The van der Waals surface area contributed by atoms with Gasteiger partial charge in [0.2, 0.25) is 0 Å². The highest BCUT2D eigenvalue weighted by Crippen LogP contribution is 2.26. The Labute approximate surface area is 80.6 Å². The number of methoxy groups -OCH3 is 1. The maximum Gasteiger partial charge on any atom is 0.0589 e. The Hall–Kier alpha value is -0.120. The summed E-state index contributed by atoms with van der Waals surface area (Å²) in [5.41, 5.74) is 0. The SMILES string of the molecule is COCCN1C[C@@H]2CC[C@H]1CN2C. The monoisotopic (exact) mass is 184 g/mol. The third kappa shape index (κ3) is 1.87. The van der Waals surface area contributed by atoms with Crippen molar-refractivity contribution in [2.75, 3.05) is 40.4 Å². The first kappa shape index (κ1) is 9.44. The average molecular weight is 184 g/mol. The first-order valence-electron chi connectivity index (χ1n) is 5.24. The van der Waals surface area contributed by atoms with Gasteiger partial charge in [-0.05, 0) is 19.9 Å². The molecule has 3 saturated heterocycles. The van der Waals surface area contributed by atoms with Gasteiger partial charge < -0.3 is 9.64 Å². The Morgan fingerprint density at radius 3 is 2.54 bits per heavy atom. The van der Waals surface area contributed by atoms with E-state index in [1.807, 2.05) is 0 Å². The van der Waals surface area contributed by atoms with Gasteiger partial charge in [0.05, 0.1) is 6.61 Å². The lowest BCUT2D eigenvalue weighted by atomic mass is 9.91. The summed E-state index contributed by atoms with van der Waals surface area (Å²) < 4.78 is 5.12. The van der Waals surface area contributed by atoms with Crippen molar-refractivity contribution in [2.45, 2.75) is 24.9 Å². The minimum Gasteiger partial charge on any atom is -0.383 e. The highest BCUT2D eigenvalue weighted by atomic mass is 16.5. The van der Waals surface area contributed by atoms with Crippen molar-refractivity contribution < 1.29 is 4.74 Å². The van der Waals surface area contributed by atoms with Crippen molar-refractivity contribution in [1.29, 1.82) is 0 Å². The lowest BCUT2D eigenvalue weighted by Crippen LogP contribution is -2.61. The number of piperazine rings is 1. The third-order valence-corrected chi connectivity index (χ3v) is 3.50. The summed E-state index contributed by atoms with van der Waals surface area (Å²) >= 11 is 0. The van der Waals surface area contributed by atoms with Gasteiger partial charge in [-0.2, -0.15) is 0 Å². The Morgan fingerprint density at radius 2 is 2.00 bits per heavy atom. The molecule has 3 rings (SSSR count). The van der Waals surface area contributed by atoms with Crippen molar-refractivity contribution in [3.8, 4) is 0 Å². The molecule has 0 aromatic heterocycles. The fourth-order valence-electron chi connectivity index (χ4n) is 2.61. The standard InChI is InChI=1S/C10H20N2O/c1-11-7-10-4-3-9(11)8-12(10)5-6-13-2/h9-10H,3-8H2,1-2H3/t9-,10-/m0/s1. The summed E-state index contributed by atoms with van der Waals surface area (Å²) in [4.78, 5) is 5.11. The number of piperidine rings is 2. The fourth-order valence-corrected chi connectivity index (χ4v) is 2.61. The Bertz CT molecular complexity index is 174. The molecule has 3 heterocycles. The maximum absolute atomic E-state index is 5.12. The molecule has 0 aliphatic carbocycles. The summed E-state index contributed by atoms with van der Waals surface area (Å²) in [6.07, 6.45) is 2.78. The molecule has 0 saturated carbocycles. The normalized spacial score (nSPS) is 35.5. The minimum atomic E-state index is 0.796. The van der Waals surface area contributed by atoms with Gasteiger partial charge in [-0.25, -0.2) is 0 Å². The summed E-state index contributed by atoms with van der Waals surface area (Å²) in [5.74, 6) is 0. The lowest BCUT2D eigenvalue weighted by molar-refractivity contribution is -0.0168. The van der Waals surface area contributed by atoms with Gasteiger partial charge in [0, 0.05) is 38.8 Å². The maximum atomic E-state index is 5.12. The molecule has 0 aromatic carbocycles. The van der Waals surface area contributed by atoms with Crippen LogP contribution >= 0.6 is 0 Å². The molecule has 3 nitrogen and oxygen atoms in total. The van der Waals surface area contributed by atoms with Gasteiger partial charge in [-0.15, -0.1) is 0 Å². The van der Waals surface area contributed by atoms with E-state index < -0.39 is 0 Å². The van der Waals surface area contributed by atoms with E-state index in [1.165, 1.54) is 25.9 Å². The summed E-state index contributed by atoms with van der Waals surface area (Å²) in [7, 11) is 4.04. The van der Waals surface area contributed by atoms with Gasteiger partial charge >= 0.3 is 0 Å². The van der Waals surface area contributed by atoms with Crippen molar-refractivity contribution in [3.63, 3.8) is 0 Å². The number of nitrogens with zero attached hydrogens (tertiary/aromatic N) is 2. The van der Waals surface area contributed by atoms with Crippen molar-refractivity contribution in [3.05, 3.63) is 0 Å². The van der Waals surface area contributed by atoms with Gasteiger partial charge in [0.15, 0.2) is 0 Å². The largest absolute Gasteiger partial charge is 0.383 e. The van der Waals surface area contributed by atoms with Crippen LogP contribution in [-0.4, -0.2) is 62.3 Å². The highest BCUT2D eigenvalue weighted by molar-refractivity contribution is 4.93. The minimum absolute atomic E-state index is 0.796. The summed E-state index contributed by atoms with van der Waals surface area (Å²) in [6.45, 7) is 4.51. The fraction of sp³-hybridized carbons (Fsp3) is 1.00. The molecule has 0 unspecified atom stereocenters. The van der Waals surface area contributed by atoms with Crippen molar-refractivity contribution in [1.82, 2.24) is 9.80 Å². The molecule has 0 spiro atoms. The predicted octanol–water partition coefficient (Wildman–Crippen LogP) is 0.411. The molecule has 0 N–H and O–H groups in total. The van der Waals surface area contributed by atoms with Crippen LogP contribution in [-0.2, 0) is 4.74 Å². The van der Waals surface area contributed by atoms with Gasteiger partial charge in [0.25, 0.3) is 0 Å². The molecule has 3 aliphatic rings. The number of hydrogen-bond donors (Lipinski definition) is 0. The van der Waals surface area contributed by atoms with Crippen LogP contribution in [0.25, 0.3) is 0 Å². The molecule has 76 valence electrons. The Balaban J connectivity index is 1.87. The summed E-state index contributed by atoms with van der Waals surface area (Å²) in [5, 5.41) is 0. The zero-order valence-electron chi connectivity index (χ0n) is 8.70. The van der Waals surface area contributed by atoms with Crippen LogP contribution in [0, 0.1) is 0 Å². The molecule has 0 aromatic rings. The second-order valence-electron chi connectivity index (χ2n) is 4.31. The third-order valence-electron chi connectivity index (χ3n) is 3.50. The molecular weight excluding hydrogens is 164 g/mol. The Morgan fingerprint density at radius 1 is 1.23 bits per heavy atom. The van der Waals surface area contributed by atoms with E-state index in [9.17, 15) is 0 Å². The first-order chi connectivity index (χ1) is 6.31. The van der Waals surface area contributed by atoms with Crippen LogP contribution in [0.3, 0.4) is 0 Å². The number of ether oxygens (including phenoxy) is 1. The van der Waals surface area contributed by atoms with Gasteiger partial charge in [-0.1, -0.05) is 0 Å². The second-order valence-corrected chi connectivity index (χ2v) is 4.31. The molecule has 3 fully saturated rings. The van der Waals surface area contributed by atoms with E-state index in [0.717, 1.165) is 25.2 Å². The van der Waals surface area contributed by atoms with Crippen molar-refractivity contribution >= 4 is 0 Å². The number of hydrogen-bond acceptors (Lipinski definition) is 3. The lowest BCUT2D eigenvalue weighted by Gasteiger charge is -2.50. The zero-order chi connectivity index (χ0) is 9.26. The average Bonchev–Trinajstić information content (AvgIpc) is 2.16. The van der Waals surface area contributed by atoms with Crippen LogP contribution in [0.2, 0.25) is 0 Å². The van der Waals surface area contributed by atoms with Crippen LogP contribution < -0.4 is 0 Å². The number of rotatable bonds is 3. The van der Waals surface area contributed by atoms with Crippen molar-refractivity contribution in [2.24, 2.45) is 0 Å². The van der Waals surface area contributed by atoms with Crippen LogP contribution in [0.5, 0.6) is 0 Å². The number of fused-ring (bicyclic) bond motifs is 3. The molecule has 3 aliphatic heterocycles. The van der Waals surface area contributed by atoms with Crippen LogP contribution in [0.1, 0.15) is 12.8 Å². The van der Waals surface area contributed by atoms with Crippen LogP contribution in [0.15, 0.2) is 0 Å².